The smallest absolute Gasteiger partial charge is 0.0934 e. The van der Waals surface area contributed by atoms with Crippen LogP contribution in [0.1, 0.15) is 29.3 Å². The molecule has 0 saturated carbocycles. The van der Waals surface area contributed by atoms with Gasteiger partial charge >= 0.3 is 0 Å². The number of likely N-dealkylation sites (N-methyl/N-ethyl adjacent to an activating group) is 1. The zero-order chi connectivity index (χ0) is 12.5. The summed E-state index contributed by atoms with van der Waals surface area (Å²) in [5, 5.41) is 2.38. The van der Waals surface area contributed by atoms with Crippen LogP contribution in [0.15, 0.2) is 6.07 Å². The van der Waals surface area contributed by atoms with E-state index in [9.17, 15) is 0 Å². The molecule has 3 nitrogen and oxygen atoms in total. The van der Waals surface area contributed by atoms with Gasteiger partial charge in [0.15, 0.2) is 0 Å². The van der Waals surface area contributed by atoms with Crippen molar-refractivity contribution in [1.82, 2.24) is 15.3 Å². The van der Waals surface area contributed by atoms with Crippen LogP contribution in [0.2, 0.25) is 4.34 Å². The van der Waals surface area contributed by atoms with Crippen molar-refractivity contribution in [3.63, 3.8) is 0 Å². The SMILES string of the molecule is CN1CCN(NC2CCCc3sc(Cl)cc32)CC1. The topological polar surface area (TPSA) is 18.5 Å². The second-order valence-corrected chi connectivity index (χ2v) is 7.06. The molecule has 1 N–H and O–H groups in total. The molecule has 18 heavy (non-hydrogen) atoms. The summed E-state index contributed by atoms with van der Waals surface area (Å²) in [5.74, 6) is 0. The van der Waals surface area contributed by atoms with E-state index in [1.807, 2.05) is 0 Å². The van der Waals surface area contributed by atoms with Gasteiger partial charge < -0.3 is 4.90 Å². The van der Waals surface area contributed by atoms with Crippen LogP contribution in [0.5, 0.6) is 0 Å². The molecule has 1 aliphatic heterocycles. The summed E-state index contributed by atoms with van der Waals surface area (Å²) in [6.07, 6.45) is 3.70. The zero-order valence-electron chi connectivity index (χ0n) is 10.8. The second kappa shape index (κ2) is 5.47. The summed E-state index contributed by atoms with van der Waals surface area (Å²) in [6.45, 7) is 4.52. The van der Waals surface area contributed by atoms with E-state index in [1.165, 1.54) is 29.7 Å². The number of hydrazine groups is 1. The molecule has 1 atom stereocenters. The minimum absolute atomic E-state index is 0.473. The third kappa shape index (κ3) is 2.73. The molecule has 5 heteroatoms. The summed E-state index contributed by atoms with van der Waals surface area (Å²) in [6, 6.07) is 2.63. The molecule has 0 spiro atoms. The Morgan fingerprint density at radius 2 is 2.11 bits per heavy atom. The fourth-order valence-electron chi connectivity index (χ4n) is 2.81. The summed E-state index contributed by atoms with van der Waals surface area (Å²) in [7, 11) is 2.19. The van der Waals surface area contributed by atoms with Crippen molar-refractivity contribution in [3.8, 4) is 0 Å². The Bertz CT molecular complexity index is 412. The van der Waals surface area contributed by atoms with Crippen molar-refractivity contribution >= 4 is 22.9 Å². The predicted molar refractivity (Wildman–Crippen MR) is 77.2 cm³/mol. The molecule has 3 rings (SSSR count). The first-order chi connectivity index (χ1) is 8.72. The summed E-state index contributed by atoms with van der Waals surface area (Å²) in [5.41, 5.74) is 5.14. The molecule has 2 heterocycles. The molecule has 0 amide bonds. The quantitative estimate of drug-likeness (QED) is 0.901. The van der Waals surface area contributed by atoms with Crippen molar-refractivity contribution in [2.45, 2.75) is 25.3 Å². The third-order valence-corrected chi connectivity index (χ3v) is 5.27. The van der Waals surface area contributed by atoms with Gasteiger partial charge in [-0.3, -0.25) is 0 Å². The van der Waals surface area contributed by atoms with Crippen LogP contribution in [0.25, 0.3) is 0 Å². The van der Waals surface area contributed by atoms with E-state index in [2.05, 4.69) is 28.4 Å². The van der Waals surface area contributed by atoms with Crippen LogP contribution in [-0.2, 0) is 6.42 Å². The highest BCUT2D eigenvalue weighted by Gasteiger charge is 2.25. The number of hydrogen-bond acceptors (Lipinski definition) is 4. The first-order valence-corrected chi connectivity index (χ1v) is 7.89. The number of piperazine rings is 1. The van der Waals surface area contributed by atoms with Gasteiger partial charge in [-0.25, -0.2) is 10.4 Å². The Kier molecular flexibility index (Phi) is 3.91. The van der Waals surface area contributed by atoms with E-state index in [1.54, 1.807) is 11.3 Å². The Balaban J connectivity index is 1.67. The Labute approximate surface area is 118 Å². The van der Waals surface area contributed by atoms with Gasteiger partial charge in [0.2, 0.25) is 0 Å². The van der Waals surface area contributed by atoms with Gasteiger partial charge in [0.25, 0.3) is 0 Å². The van der Waals surface area contributed by atoms with Crippen molar-refractivity contribution in [2.75, 3.05) is 33.2 Å². The van der Waals surface area contributed by atoms with Gasteiger partial charge in [-0.05, 0) is 37.9 Å². The molecule has 1 unspecified atom stereocenters. The first-order valence-electron chi connectivity index (χ1n) is 6.70. The highest BCUT2D eigenvalue weighted by atomic mass is 35.5. The van der Waals surface area contributed by atoms with E-state index in [-0.39, 0.29) is 0 Å². The molecule has 0 bridgehead atoms. The standard InChI is InChI=1S/C13H20ClN3S/c1-16-5-7-17(8-6-16)15-11-3-2-4-12-10(11)9-13(14)18-12/h9,11,15H,2-8H2,1H3. The van der Waals surface area contributed by atoms with Crippen LogP contribution in [0, 0.1) is 0 Å². The zero-order valence-corrected chi connectivity index (χ0v) is 12.4. The minimum Gasteiger partial charge on any atom is -0.304 e. The fourth-order valence-corrected chi connectivity index (χ4v) is 4.20. The Hall–Kier alpha value is -0.130. The van der Waals surface area contributed by atoms with Crippen molar-refractivity contribution in [3.05, 3.63) is 20.8 Å². The summed E-state index contributed by atoms with van der Waals surface area (Å²) in [4.78, 5) is 3.87. The van der Waals surface area contributed by atoms with Crippen LogP contribution >= 0.6 is 22.9 Å². The van der Waals surface area contributed by atoms with Gasteiger partial charge in [0.05, 0.1) is 4.34 Å². The lowest BCUT2D eigenvalue weighted by atomic mass is 9.94. The molecule has 100 valence electrons. The third-order valence-electron chi connectivity index (χ3n) is 3.93. The predicted octanol–water partition coefficient (Wildman–Crippen LogP) is 2.53. The lowest BCUT2D eigenvalue weighted by Crippen LogP contribution is -2.51. The van der Waals surface area contributed by atoms with E-state index >= 15 is 0 Å². The summed E-state index contributed by atoms with van der Waals surface area (Å²) < 4.78 is 0.937. The second-order valence-electron chi connectivity index (χ2n) is 5.29. The monoisotopic (exact) mass is 285 g/mol. The number of nitrogens with one attached hydrogen (secondary N) is 1. The molecule has 1 fully saturated rings. The molecule has 1 aromatic heterocycles. The largest absolute Gasteiger partial charge is 0.304 e. The molecule has 2 aliphatic rings. The normalized spacial score (nSPS) is 26.2. The number of rotatable bonds is 2. The lowest BCUT2D eigenvalue weighted by Gasteiger charge is -2.36. The number of nitrogens with zero attached hydrogens (tertiary/aromatic N) is 2. The number of fused-ring (bicyclic) bond motifs is 1. The Morgan fingerprint density at radius 1 is 1.33 bits per heavy atom. The highest BCUT2D eigenvalue weighted by Crippen LogP contribution is 2.37. The molecule has 1 aliphatic carbocycles. The molecule has 0 aromatic carbocycles. The van der Waals surface area contributed by atoms with Crippen LogP contribution < -0.4 is 5.43 Å². The Morgan fingerprint density at radius 3 is 2.89 bits per heavy atom. The van der Waals surface area contributed by atoms with Gasteiger partial charge in [-0.1, -0.05) is 11.6 Å². The number of hydrogen-bond donors (Lipinski definition) is 1. The maximum atomic E-state index is 6.15. The number of aryl methyl sites for hydroxylation is 1. The average Bonchev–Trinajstić information content (AvgIpc) is 2.73. The average molecular weight is 286 g/mol. The van der Waals surface area contributed by atoms with Crippen LogP contribution in [0.3, 0.4) is 0 Å². The minimum atomic E-state index is 0.473. The van der Waals surface area contributed by atoms with Crippen molar-refractivity contribution in [2.24, 2.45) is 0 Å². The molecular weight excluding hydrogens is 266 g/mol. The van der Waals surface area contributed by atoms with Gasteiger partial charge in [-0.15, -0.1) is 11.3 Å². The van der Waals surface area contributed by atoms with Crippen molar-refractivity contribution < 1.29 is 0 Å². The highest BCUT2D eigenvalue weighted by molar-refractivity contribution is 7.16. The van der Waals surface area contributed by atoms with Crippen molar-refractivity contribution in [1.29, 1.82) is 0 Å². The maximum absolute atomic E-state index is 6.15. The molecule has 0 radical (unpaired) electrons. The van der Waals surface area contributed by atoms with E-state index in [0.29, 0.717) is 6.04 Å². The van der Waals surface area contributed by atoms with Gasteiger partial charge in [-0.2, -0.15) is 0 Å². The number of thiophene rings is 1. The van der Waals surface area contributed by atoms with Gasteiger partial charge in [0, 0.05) is 37.1 Å². The lowest BCUT2D eigenvalue weighted by molar-refractivity contribution is 0.0830. The summed E-state index contributed by atoms with van der Waals surface area (Å²) >= 11 is 7.90. The van der Waals surface area contributed by atoms with E-state index in [0.717, 1.165) is 30.5 Å². The van der Waals surface area contributed by atoms with Crippen LogP contribution in [-0.4, -0.2) is 43.1 Å². The van der Waals surface area contributed by atoms with Crippen LogP contribution in [0.4, 0.5) is 0 Å². The molecular formula is C13H20ClN3S. The molecule has 1 saturated heterocycles. The maximum Gasteiger partial charge on any atom is 0.0934 e. The molecule has 1 aromatic rings. The van der Waals surface area contributed by atoms with Gasteiger partial charge in [0.1, 0.15) is 0 Å². The first kappa shape index (κ1) is 12.9. The van der Waals surface area contributed by atoms with E-state index < -0.39 is 0 Å². The number of halogens is 1. The fraction of sp³-hybridized carbons (Fsp3) is 0.692. The van der Waals surface area contributed by atoms with E-state index in [4.69, 9.17) is 11.6 Å².